The number of aryl methyl sites for hydroxylation is 1. The fraction of sp³-hybridized carbons (Fsp3) is 0.280. The number of rotatable bonds is 5. The van der Waals surface area contributed by atoms with Crippen LogP contribution in [0.2, 0.25) is 0 Å². The number of halogens is 2. The first-order valence-corrected chi connectivity index (χ1v) is 11.4. The first-order valence-electron chi connectivity index (χ1n) is 11.4. The average molecular weight is 478 g/mol. The van der Waals surface area contributed by atoms with Crippen molar-refractivity contribution in [2.45, 2.75) is 26.8 Å². The number of nitrogens with zero attached hydrogens (tertiary/aromatic N) is 5. The van der Waals surface area contributed by atoms with E-state index in [9.17, 15) is 13.6 Å². The molecule has 1 aromatic carbocycles. The van der Waals surface area contributed by atoms with Gasteiger partial charge in [-0.05, 0) is 51.1 Å². The Morgan fingerprint density at radius 3 is 2.63 bits per heavy atom. The molecule has 0 bridgehead atoms. The molecule has 0 saturated carbocycles. The van der Waals surface area contributed by atoms with E-state index >= 15 is 0 Å². The largest absolute Gasteiger partial charge is 0.359 e. The summed E-state index contributed by atoms with van der Waals surface area (Å²) in [5.41, 5.74) is 2.75. The molecular weight excluding hydrogens is 452 g/mol. The molecule has 2 N–H and O–H groups in total. The van der Waals surface area contributed by atoms with E-state index in [-0.39, 0.29) is 30.1 Å². The van der Waals surface area contributed by atoms with Crippen molar-refractivity contribution < 1.29 is 13.6 Å². The van der Waals surface area contributed by atoms with Gasteiger partial charge in [-0.3, -0.25) is 4.79 Å². The van der Waals surface area contributed by atoms with Gasteiger partial charge in [0.2, 0.25) is 11.9 Å². The molecule has 0 spiro atoms. The fourth-order valence-electron chi connectivity index (χ4n) is 4.49. The van der Waals surface area contributed by atoms with Crippen molar-refractivity contribution in [3.63, 3.8) is 0 Å². The zero-order valence-corrected chi connectivity index (χ0v) is 19.6. The molecule has 3 aromatic heterocycles. The highest BCUT2D eigenvalue weighted by molar-refractivity contribution is 5.87. The minimum Gasteiger partial charge on any atom is -0.359 e. The molecule has 4 heterocycles. The Morgan fingerprint density at radius 2 is 1.91 bits per heavy atom. The van der Waals surface area contributed by atoms with E-state index in [4.69, 9.17) is 0 Å². The summed E-state index contributed by atoms with van der Waals surface area (Å²) < 4.78 is 31.7. The Morgan fingerprint density at radius 1 is 1.09 bits per heavy atom. The molecule has 0 atom stereocenters. The van der Waals surface area contributed by atoms with Gasteiger partial charge in [0.25, 0.3) is 0 Å². The van der Waals surface area contributed by atoms with Crippen molar-refractivity contribution in [2.75, 3.05) is 29.9 Å². The lowest BCUT2D eigenvalue weighted by Gasteiger charge is -2.28. The van der Waals surface area contributed by atoms with Gasteiger partial charge >= 0.3 is 0 Å². The summed E-state index contributed by atoms with van der Waals surface area (Å²) >= 11 is 0. The lowest BCUT2D eigenvalue weighted by atomic mass is 10.1. The Balaban J connectivity index is 1.44. The van der Waals surface area contributed by atoms with Gasteiger partial charge in [-0.15, -0.1) is 0 Å². The van der Waals surface area contributed by atoms with Crippen molar-refractivity contribution in [3.05, 3.63) is 60.1 Å². The maximum Gasteiger partial charge on any atom is 0.239 e. The summed E-state index contributed by atoms with van der Waals surface area (Å²) in [4.78, 5) is 26.2. The smallest absolute Gasteiger partial charge is 0.239 e. The minimum atomic E-state index is -0.652. The molecule has 0 aliphatic carbocycles. The third kappa shape index (κ3) is 4.39. The Bertz CT molecular complexity index is 1420. The van der Waals surface area contributed by atoms with E-state index in [1.807, 2.05) is 36.3 Å². The molecule has 1 aliphatic heterocycles. The highest BCUT2D eigenvalue weighted by Crippen LogP contribution is 2.32. The third-order valence-corrected chi connectivity index (χ3v) is 6.03. The van der Waals surface area contributed by atoms with Crippen LogP contribution in [-0.2, 0) is 4.79 Å². The van der Waals surface area contributed by atoms with E-state index in [0.29, 0.717) is 35.4 Å². The van der Waals surface area contributed by atoms with Crippen molar-refractivity contribution >= 4 is 34.3 Å². The zero-order valence-electron chi connectivity index (χ0n) is 19.6. The second-order valence-corrected chi connectivity index (χ2v) is 8.83. The van der Waals surface area contributed by atoms with Crippen LogP contribution in [0.1, 0.15) is 25.6 Å². The van der Waals surface area contributed by atoms with Crippen molar-refractivity contribution in [1.29, 1.82) is 0 Å². The molecule has 10 heteroatoms. The second-order valence-electron chi connectivity index (χ2n) is 8.83. The summed E-state index contributed by atoms with van der Waals surface area (Å²) in [6.45, 7) is 7.51. The van der Waals surface area contributed by atoms with Crippen LogP contribution in [0.4, 0.5) is 26.2 Å². The number of hydrogen-bond acceptors (Lipinski definition) is 6. The number of carbonyl (C=O) groups is 1. The normalized spacial score (nSPS) is 14.0. The highest BCUT2D eigenvalue weighted by atomic mass is 19.1. The maximum atomic E-state index is 14.9. The Labute approximate surface area is 201 Å². The van der Waals surface area contributed by atoms with Crippen LogP contribution < -0.4 is 15.5 Å². The van der Waals surface area contributed by atoms with Crippen LogP contribution in [0.3, 0.4) is 0 Å². The summed E-state index contributed by atoms with van der Waals surface area (Å²) in [6, 6.07) is 8.53. The van der Waals surface area contributed by atoms with E-state index in [1.165, 1.54) is 6.07 Å². The van der Waals surface area contributed by atoms with Gasteiger partial charge in [-0.2, -0.15) is 0 Å². The molecule has 35 heavy (non-hydrogen) atoms. The molecular formula is C25H25F2N7O. The number of benzene rings is 1. The van der Waals surface area contributed by atoms with Crippen LogP contribution in [-0.4, -0.2) is 45.1 Å². The highest BCUT2D eigenvalue weighted by Gasteiger charge is 2.18. The number of piperazine rings is 1. The zero-order chi connectivity index (χ0) is 24.7. The van der Waals surface area contributed by atoms with Crippen LogP contribution >= 0.6 is 0 Å². The summed E-state index contributed by atoms with van der Waals surface area (Å²) in [7, 11) is 0. The molecule has 1 amide bonds. The first-order chi connectivity index (χ1) is 16.8. The van der Waals surface area contributed by atoms with Gasteiger partial charge in [0, 0.05) is 35.8 Å². The van der Waals surface area contributed by atoms with Crippen LogP contribution in [0, 0.1) is 18.6 Å². The lowest BCUT2D eigenvalue weighted by molar-refractivity contribution is -0.120. The van der Waals surface area contributed by atoms with Gasteiger partial charge in [0.15, 0.2) is 5.82 Å². The molecule has 0 radical (unpaired) electrons. The topological polar surface area (TPSA) is 88.0 Å². The number of aromatic nitrogens is 4. The molecule has 180 valence electrons. The average Bonchev–Trinajstić information content (AvgIpc) is 3.17. The number of hydrogen-bond donors (Lipinski definition) is 2. The monoisotopic (exact) mass is 477 g/mol. The lowest BCUT2D eigenvalue weighted by Crippen LogP contribution is -2.47. The summed E-state index contributed by atoms with van der Waals surface area (Å²) in [6.07, 6.45) is 2.71. The summed E-state index contributed by atoms with van der Waals surface area (Å²) in [5, 5.41) is 6.24. The standard InChI is InChI=1S/C25H25F2N7O/c1-14(2)34-15(3)8-18-19(26)9-16(10-21(18)34)24-20(27)12-30-25(32-24)31-22-5-4-17(11-29-22)33-7-6-28-23(35)13-33/h4-5,8-12,14H,6-7,13H2,1-3H3,(H,28,35)(H,29,30,31,32). The van der Waals surface area contributed by atoms with Crippen LogP contribution in [0.15, 0.2) is 42.7 Å². The van der Waals surface area contributed by atoms with Crippen molar-refractivity contribution in [2.24, 2.45) is 0 Å². The SMILES string of the molecule is Cc1cc2c(F)cc(-c3nc(Nc4ccc(N5CCNC(=O)C5)cn4)ncc3F)cc2n1C(C)C. The number of fused-ring (bicyclic) bond motifs is 1. The van der Waals surface area contributed by atoms with Crippen LogP contribution in [0.5, 0.6) is 0 Å². The predicted molar refractivity (Wildman–Crippen MR) is 131 cm³/mol. The van der Waals surface area contributed by atoms with Crippen molar-refractivity contribution in [3.8, 4) is 11.3 Å². The van der Waals surface area contributed by atoms with Gasteiger partial charge < -0.3 is 20.1 Å². The van der Waals surface area contributed by atoms with E-state index in [0.717, 1.165) is 17.6 Å². The number of carbonyl (C=O) groups excluding carboxylic acids is 1. The van der Waals surface area contributed by atoms with E-state index in [2.05, 4.69) is 25.6 Å². The quantitative estimate of drug-likeness (QED) is 0.445. The first kappa shape index (κ1) is 22.7. The Kier molecular flexibility index (Phi) is 5.80. The molecule has 0 unspecified atom stereocenters. The van der Waals surface area contributed by atoms with Crippen LogP contribution in [0.25, 0.3) is 22.2 Å². The van der Waals surface area contributed by atoms with Gasteiger partial charge in [-0.25, -0.2) is 23.7 Å². The molecule has 4 aromatic rings. The molecule has 5 rings (SSSR count). The van der Waals surface area contributed by atoms with E-state index in [1.54, 1.807) is 24.4 Å². The number of pyridine rings is 1. The third-order valence-electron chi connectivity index (χ3n) is 6.03. The number of nitrogens with one attached hydrogen (secondary N) is 2. The van der Waals surface area contributed by atoms with Gasteiger partial charge in [0.05, 0.1) is 30.1 Å². The number of amides is 1. The van der Waals surface area contributed by atoms with Crippen molar-refractivity contribution in [1.82, 2.24) is 24.8 Å². The predicted octanol–water partition coefficient (Wildman–Crippen LogP) is 4.34. The molecule has 1 fully saturated rings. The molecule has 8 nitrogen and oxygen atoms in total. The number of anilines is 3. The Hall–Kier alpha value is -4.08. The molecule has 1 aliphatic rings. The van der Waals surface area contributed by atoms with Gasteiger partial charge in [0.1, 0.15) is 17.3 Å². The molecule has 1 saturated heterocycles. The minimum absolute atomic E-state index is 0.00610. The maximum absolute atomic E-state index is 14.9. The van der Waals surface area contributed by atoms with E-state index < -0.39 is 11.6 Å². The summed E-state index contributed by atoms with van der Waals surface area (Å²) in [5.74, 6) is -0.527. The van der Waals surface area contributed by atoms with Gasteiger partial charge in [-0.1, -0.05) is 0 Å². The second kappa shape index (κ2) is 8.94. The fourth-order valence-corrected chi connectivity index (χ4v) is 4.49.